The highest BCUT2D eigenvalue weighted by Gasteiger charge is 2.38. The van der Waals surface area contributed by atoms with E-state index >= 15 is 0 Å². The van der Waals surface area contributed by atoms with Gasteiger partial charge in [0.2, 0.25) is 10.0 Å². The summed E-state index contributed by atoms with van der Waals surface area (Å²) in [5.41, 5.74) is 6.37. The Morgan fingerprint density at radius 3 is 2.21 bits per heavy atom. The largest absolute Gasteiger partial charge is 0.381 e. The van der Waals surface area contributed by atoms with Gasteiger partial charge in [0.1, 0.15) is 4.90 Å². The summed E-state index contributed by atoms with van der Waals surface area (Å²) in [6, 6.07) is 0.0144. The molecule has 0 radical (unpaired) electrons. The molecule has 1 aliphatic rings. The molecule has 0 spiro atoms. The van der Waals surface area contributed by atoms with Crippen LogP contribution in [0.15, 0.2) is 4.90 Å². The summed E-state index contributed by atoms with van der Waals surface area (Å²) in [6.45, 7) is 5.64. The molecule has 19 heavy (non-hydrogen) atoms. The molecule has 2 atom stereocenters. The Morgan fingerprint density at radius 1 is 1.26 bits per heavy atom. The number of piperidine rings is 1. The SMILES string of the molecule is Cc1c(S(=O)(=O)N2[C@H](C)CCC[C@@H]2C)c(N)nn1C. The highest BCUT2D eigenvalue weighted by molar-refractivity contribution is 7.89. The Kier molecular flexibility index (Phi) is 3.61. The van der Waals surface area contributed by atoms with E-state index in [4.69, 9.17) is 5.73 Å². The molecule has 0 saturated carbocycles. The van der Waals surface area contributed by atoms with Crippen molar-refractivity contribution in [3.63, 3.8) is 0 Å². The van der Waals surface area contributed by atoms with Gasteiger partial charge < -0.3 is 5.73 Å². The summed E-state index contributed by atoms with van der Waals surface area (Å²) in [7, 11) is -1.87. The zero-order valence-corrected chi connectivity index (χ0v) is 12.7. The Bertz CT molecular complexity index is 569. The van der Waals surface area contributed by atoms with E-state index in [9.17, 15) is 8.42 Å². The van der Waals surface area contributed by atoms with Crippen molar-refractivity contribution in [3.8, 4) is 0 Å². The van der Waals surface area contributed by atoms with Crippen molar-refractivity contribution in [2.45, 2.75) is 57.0 Å². The quantitative estimate of drug-likeness (QED) is 0.887. The lowest BCUT2D eigenvalue weighted by Gasteiger charge is -2.37. The number of hydrogen-bond acceptors (Lipinski definition) is 4. The number of nitrogen functional groups attached to an aromatic ring is 1. The summed E-state index contributed by atoms with van der Waals surface area (Å²) in [6.07, 6.45) is 2.85. The van der Waals surface area contributed by atoms with E-state index in [2.05, 4.69) is 5.10 Å². The van der Waals surface area contributed by atoms with Crippen LogP contribution in [-0.4, -0.2) is 34.6 Å². The maximum absolute atomic E-state index is 12.9. The van der Waals surface area contributed by atoms with Crippen LogP contribution in [0.3, 0.4) is 0 Å². The highest BCUT2D eigenvalue weighted by Crippen LogP contribution is 2.32. The van der Waals surface area contributed by atoms with Gasteiger partial charge in [0.15, 0.2) is 5.82 Å². The molecule has 0 bridgehead atoms. The summed E-state index contributed by atoms with van der Waals surface area (Å²) < 4.78 is 28.8. The molecule has 1 aromatic heterocycles. The fourth-order valence-electron chi connectivity index (χ4n) is 2.91. The molecule has 6 nitrogen and oxygen atoms in total. The maximum Gasteiger partial charge on any atom is 0.249 e. The van der Waals surface area contributed by atoms with Crippen LogP contribution in [0.25, 0.3) is 0 Å². The van der Waals surface area contributed by atoms with Crippen LogP contribution in [0, 0.1) is 6.92 Å². The number of aryl methyl sites for hydroxylation is 1. The van der Waals surface area contributed by atoms with Crippen molar-refractivity contribution in [1.82, 2.24) is 14.1 Å². The minimum absolute atomic E-state index is 0.00718. The topological polar surface area (TPSA) is 81.2 Å². The molecule has 2 N–H and O–H groups in total. The standard InChI is InChI=1S/C12H22N4O2S/c1-8-6-5-7-9(2)16(8)19(17,18)11-10(3)15(4)14-12(11)13/h8-9H,5-7H2,1-4H3,(H2,13,14)/t8-,9+. The van der Waals surface area contributed by atoms with Gasteiger partial charge in [-0.2, -0.15) is 9.40 Å². The van der Waals surface area contributed by atoms with Crippen molar-refractivity contribution in [2.24, 2.45) is 7.05 Å². The van der Waals surface area contributed by atoms with Crippen molar-refractivity contribution in [2.75, 3.05) is 5.73 Å². The first-order chi connectivity index (χ1) is 8.76. The lowest BCUT2D eigenvalue weighted by atomic mass is 10.0. The number of hydrogen-bond donors (Lipinski definition) is 1. The first-order valence-corrected chi connectivity index (χ1v) is 8.03. The molecular weight excluding hydrogens is 264 g/mol. The second kappa shape index (κ2) is 4.79. The van der Waals surface area contributed by atoms with E-state index in [0.29, 0.717) is 5.69 Å². The number of rotatable bonds is 2. The van der Waals surface area contributed by atoms with Crippen LogP contribution in [0.4, 0.5) is 5.82 Å². The van der Waals surface area contributed by atoms with Gasteiger partial charge in [0.25, 0.3) is 0 Å². The van der Waals surface area contributed by atoms with Gasteiger partial charge in [0, 0.05) is 19.1 Å². The molecule has 0 amide bonds. The first kappa shape index (κ1) is 14.3. The van der Waals surface area contributed by atoms with E-state index in [1.54, 1.807) is 18.3 Å². The predicted molar refractivity (Wildman–Crippen MR) is 74.2 cm³/mol. The van der Waals surface area contributed by atoms with E-state index in [1.165, 1.54) is 4.68 Å². The third kappa shape index (κ3) is 2.25. The number of nitrogens with two attached hydrogens (primary N) is 1. The third-order valence-corrected chi connectivity index (χ3v) is 6.25. The molecule has 0 aromatic carbocycles. The number of nitrogens with zero attached hydrogens (tertiary/aromatic N) is 3. The fraction of sp³-hybridized carbons (Fsp3) is 0.750. The average molecular weight is 286 g/mol. The van der Waals surface area contributed by atoms with Crippen molar-refractivity contribution >= 4 is 15.8 Å². The van der Waals surface area contributed by atoms with Crippen LogP contribution in [0.5, 0.6) is 0 Å². The molecule has 0 unspecified atom stereocenters. The molecular formula is C12H22N4O2S. The fourth-order valence-corrected chi connectivity index (χ4v) is 5.09. The molecule has 2 rings (SSSR count). The molecule has 1 aromatic rings. The van der Waals surface area contributed by atoms with Gasteiger partial charge in [0.05, 0.1) is 5.69 Å². The van der Waals surface area contributed by atoms with Crippen LogP contribution >= 0.6 is 0 Å². The molecule has 1 saturated heterocycles. The lowest BCUT2D eigenvalue weighted by Crippen LogP contribution is -2.47. The van der Waals surface area contributed by atoms with Gasteiger partial charge in [-0.05, 0) is 33.6 Å². The number of sulfonamides is 1. The zero-order valence-electron chi connectivity index (χ0n) is 11.9. The normalized spacial score (nSPS) is 25.7. The summed E-state index contributed by atoms with van der Waals surface area (Å²) in [5.74, 6) is 0.0879. The van der Waals surface area contributed by atoms with Gasteiger partial charge in [-0.25, -0.2) is 8.42 Å². The van der Waals surface area contributed by atoms with Gasteiger partial charge in [-0.3, -0.25) is 4.68 Å². The van der Waals surface area contributed by atoms with Crippen LogP contribution < -0.4 is 5.73 Å². The zero-order chi connectivity index (χ0) is 14.4. The first-order valence-electron chi connectivity index (χ1n) is 6.59. The maximum atomic E-state index is 12.9. The van der Waals surface area contributed by atoms with Gasteiger partial charge >= 0.3 is 0 Å². The van der Waals surface area contributed by atoms with Gasteiger partial charge in [-0.15, -0.1) is 0 Å². The predicted octanol–water partition coefficient (Wildman–Crippen LogP) is 1.26. The monoisotopic (exact) mass is 286 g/mol. The average Bonchev–Trinajstić information content (AvgIpc) is 2.52. The van der Waals surface area contributed by atoms with Crippen molar-refractivity contribution in [1.29, 1.82) is 0 Å². The number of anilines is 1. The third-order valence-electron chi connectivity index (χ3n) is 3.95. The Hall–Kier alpha value is -1.08. The lowest BCUT2D eigenvalue weighted by molar-refractivity contribution is 0.204. The Morgan fingerprint density at radius 2 is 1.79 bits per heavy atom. The smallest absolute Gasteiger partial charge is 0.249 e. The molecule has 0 aliphatic carbocycles. The van der Waals surface area contributed by atoms with E-state index in [0.717, 1.165) is 19.3 Å². The summed E-state index contributed by atoms with van der Waals surface area (Å²) in [5, 5.41) is 4.01. The van der Waals surface area contributed by atoms with Crippen LogP contribution in [-0.2, 0) is 17.1 Å². The van der Waals surface area contributed by atoms with Crippen LogP contribution in [0.1, 0.15) is 38.8 Å². The number of aromatic nitrogens is 2. The molecule has 108 valence electrons. The molecule has 7 heteroatoms. The van der Waals surface area contributed by atoms with Gasteiger partial charge in [-0.1, -0.05) is 6.42 Å². The van der Waals surface area contributed by atoms with Crippen molar-refractivity contribution in [3.05, 3.63) is 5.69 Å². The van der Waals surface area contributed by atoms with E-state index < -0.39 is 10.0 Å². The van der Waals surface area contributed by atoms with Crippen LogP contribution in [0.2, 0.25) is 0 Å². The minimum atomic E-state index is -3.58. The van der Waals surface area contributed by atoms with E-state index in [-0.39, 0.29) is 22.8 Å². The second-order valence-electron chi connectivity index (χ2n) is 5.39. The second-order valence-corrected chi connectivity index (χ2v) is 7.17. The van der Waals surface area contributed by atoms with Crippen molar-refractivity contribution < 1.29 is 8.42 Å². The Balaban J connectivity index is 2.52. The van der Waals surface area contributed by atoms with E-state index in [1.807, 2.05) is 13.8 Å². The molecule has 1 aliphatic heterocycles. The molecule has 2 heterocycles. The summed E-state index contributed by atoms with van der Waals surface area (Å²) in [4.78, 5) is 0.163. The Labute approximate surface area is 114 Å². The minimum Gasteiger partial charge on any atom is -0.381 e. The highest BCUT2D eigenvalue weighted by atomic mass is 32.2. The molecule has 1 fully saturated rings. The summed E-state index contributed by atoms with van der Waals surface area (Å²) >= 11 is 0.